The van der Waals surface area contributed by atoms with Gasteiger partial charge in [0.15, 0.2) is 0 Å². The van der Waals surface area contributed by atoms with Crippen molar-refractivity contribution >= 4 is 0 Å². The van der Waals surface area contributed by atoms with Gasteiger partial charge in [-0.3, -0.25) is 0 Å². The molecule has 0 fully saturated rings. The van der Waals surface area contributed by atoms with E-state index >= 15 is 0 Å². The molecule has 1 aliphatic carbocycles. The Hall–Kier alpha value is -0.970. The number of benzene rings is 1. The maximum atomic E-state index is 13.1. The Kier molecular flexibility index (Phi) is 4.69. The van der Waals surface area contributed by atoms with E-state index in [0.717, 1.165) is 18.4 Å². The molecule has 0 bridgehead atoms. The van der Waals surface area contributed by atoms with Crippen LogP contribution in [0.4, 0.5) is 4.39 Å². The molecule has 0 aliphatic heterocycles. The molecule has 0 radical (unpaired) electrons. The van der Waals surface area contributed by atoms with E-state index in [1.54, 1.807) is 13.2 Å². The zero-order valence-corrected chi connectivity index (χ0v) is 10.7. The molecule has 0 aromatic heterocycles. The van der Waals surface area contributed by atoms with Crippen LogP contribution in [-0.4, -0.2) is 31.5 Å². The minimum Gasteiger partial charge on any atom is -0.396 e. The van der Waals surface area contributed by atoms with E-state index in [1.807, 2.05) is 6.07 Å². The van der Waals surface area contributed by atoms with Crippen LogP contribution in [0.1, 0.15) is 30.0 Å². The molecule has 3 nitrogen and oxygen atoms in total. The average molecular weight is 253 g/mol. The fourth-order valence-electron chi connectivity index (χ4n) is 2.62. The lowest BCUT2D eigenvalue weighted by Gasteiger charge is -2.22. The van der Waals surface area contributed by atoms with Crippen LogP contribution in [0.2, 0.25) is 0 Å². The highest BCUT2D eigenvalue weighted by atomic mass is 19.1. The molecule has 2 rings (SSSR count). The fraction of sp³-hybridized carbons (Fsp3) is 0.571. The predicted octanol–water partition coefficient (Wildman–Crippen LogP) is 1.80. The van der Waals surface area contributed by atoms with E-state index in [2.05, 4.69) is 5.32 Å². The largest absolute Gasteiger partial charge is 0.396 e. The minimum atomic E-state index is -0.168. The molecule has 2 unspecified atom stereocenters. The summed E-state index contributed by atoms with van der Waals surface area (Å²) >= 11 is 0. The molecule has 0 heterocycles. The number of halogens is 1. The standard InChI is InChI=1S/C14H20FNO2/c1-18-9-12(6-7-17)16-14-5-2-10-8-11(15)3-4-13(10)14/h3-4,8,12,14,16-17H,2,5-7,9H2,1H3. The van der Waals surface area contributed by atoms with E-state index in [-0.39, 0.29) is 24.5 Å². The molecule has 0 spiro atoms. The van der Waals surface area contributed by atoms with Crippen LogP contribution < -0.4 is 5.32 Å². The first-order chi connectivity index (χ1) is 8.74. The van der Waals surface area contributed by atoms with E-state index in [4.69, 9.17) is 9.84 Å². The third kappa shape index (κ3) is 3.07. The van der Waals surface area contributed by atoms with Crippen molar-refractivity contribution in [2.75, 3.05) is 20.3 Å². The maximum absolute atomic E-state index is 13.1. The van der Waals surface area contributed by atoms with Crippen molar-refractivity contribution in [1.29, 1.82) is 0 Å². The summed E-state index contributed by atoms with van der Waals surface area (Å²) < 4.78 is 18.3. The molecule has 2 N–H and O–H groups in total. The van der Waals surface area contributed by atoms with Crippen LogP contribution in [0, 0.1) is 5.82 Å². The molecule has 1 aromatic rings. The fourth-order valence-corrected chi connectivity index (χ4v) is 2.62. The molecule has 0 saturated carbocycles. The van der Waals surface area contributed by atoms with Crippen molar-refractivity contribution in [1.82, 2.24) is 5.32 Å². The van der Waals surface area contributed by atoms with Gasteiger partial charge in [0, 0.05) is 25.8 Å². The van der Waals surface area contributed by atoms with Crippen molar-refractivity contribution in [3.63, 3.8) is 0 Å². The molecule has 18 heavy (non-hydrogen) atoms. The second kappa shape index (κ2) is 6.27. The Morgan fingerprint density at radius 2 is 2.39 bits per heavy atom. The molecule has 0 amide bonds. The third-order valence-corrected chi connectivity index (χ3v) is 3.47. The number of ether oxygens (including phenoxy) is 1. The highest BCUT2D eigenvalue weighted by molar-refractivity contribution is 5.35. The zero-order valence-electron chi connectivity index (χ0n) is 10.7. The summed E-state index contributed by atoms with van der Waals surface area (Å²) in [5, 5.41) is 12.5. The topological polar surface area (TPSA) is 41.5 Å². The molecular formula is C14H20FNO2. The summed E-state index contributed by atoms with van der Waals surface area (Å²) in [6.07, 6.45) is 2.55. The lowest BCUT2D eigenvalue weighted by Crippen LogP contribution is -2.36. The van der Waals surface area contributed by atoms with Gasteiger partial charge in [-0.05, 0) is 42.5 Å². The highest BCUT2D eigenvalue weighted by Crippen LogP contribution is 2.31. The minimum absolute atomic E-state index is 0.140. The highest BCUT2D eigenvalue weighted by Gasteiger charge is 2.24. The Morgan fingerprint density at radius 3 is 3.11 bits per heavy atom. The van der Waals surface area contributed by atoms with E-state index in [0.29, 0.717) is 13.0 Å². The van der Waals surface area contributed by atoms with Crippen LogP contribution in [0.5, 0.6) is 0 Å². The SMILES string of the molecule is COCC(CCO)NC1CCc2cc(F)ccc21. The van der Waals surface area contributed by atoms with E-state index in [9.17, 15) is 4.39 Å². The number of aliphatic hydroxyl groups is 1. The van der Waals surface area contributed by atoms with E-state index in [1.165, 1.54) is 11.6 Å². The first-order valence-corrected chi connectivity index (χ1v) is 6.38. The Morgan fingerprint density at radius 1 is 1.56 bits per heavy atom. The van der Waals surface area contributed by atoms with Crippen LogP contribution in [0.15, 0.2) is 18.2 Å². The summed E-state index contributed by atoms with van der Waals surface area (Å²) in [7, 11) is 1.66. The van der Waals surface area contributed by atoms with Gasteiger partial charge in [-0.2, -0.15) is 0 Å². The summed E-state index contributed by atoms with van der Waals surface area (Å²) in [5.74, 6) is -0.168. The smallest absolute Gasteiger partial charge is 0.123 e. The number of hydrogen-bond donors (Lipinski definition) is 2. The molecule has 4 heteroatoms. The Balaban J connectivity index is 2.03. The van der Waals surface area contributed by atoms with Gasteiger partial charge in [-0.1, -0.05) is 6.07 Å². The molecule has 1 aromatic carbocycles. The van der Waals surface area contributed by atoms with Gasteiger partial charge in [-0.15, -0.1) is 0 Å². The second-order valence-electron chi connectivity index (χ2n) is 4.77. The van der Waals surface area contributed by atoms with E-state index < -0.39 is 0 Å². The van der Waals surface area contributed by atoms with Crippen molar-refractivity contribution in [3.8, 4) is 0 Å². The van der Waals surface area contributed by atoms with Crippen LogP contribution in [0.25, 0.3) is 0 Å². The van der Waals surface area contributed by atoms with Crippen LogP contribution in [0.3, 0.4) is 0 Å². The summed E-state index contributed by atoms with van der Waals surface area (Å²) in [6.45, 7) is 0.720. The van der Waals surface area contributed by atoms with Crippen molar-refractivity contribution in [2.24, 2.45) is 0 Å². The monoisotopic (exact) mass is 253 g/mol. The Bertz CT molecular complexity index is 391. The van der Waals surface area contributed by atoms with Crippen LogP contribution in [-0.2, 0) is 11.2 Å². The van der Waals surface area contributed by atoms with Gasteiger partial charge < -0.3 is 15.2 Å². The summed E-state index contributed by atoms with van der Waals surface area (Å²) in [6, 6.07) is 5.37. The molecular weight excluding hydrogens is 233 g/mol. The first-order valence-electron chi connectivity index (χ1n) is 6.38. The van der Waals surface area contributed by atoms with Crippen molar-refractivity contribution in [2.45, 2.75) is 31.3 Å². The first kappa shape index (κ1) is 13.5. The number of aryl methyl sites for hydroxylation is 1. The predicted molar refractivity (Wildman–Crippen MR) is 68.0 cm³/mol. The summed E-state index contributed by atoms with van der Waals surface area (Å²) in [4.78, 5) is 0. The van der Waals surface area contributed by atoms with Crippen LogP contribution >= 0.6 is 0 Å². The molecule has 0 saturated heterocycles. The molecule has 100 valence electrons. The average Bonchev–Trinajstić information content (AvgIpc) is 2.72. The number of hydrogen-bond acceptors (Lipinski definition) is 3. The number of fused-ring (bicyclic) bond motifs is 1. The van der Waals surface area contributed by atoms with Gasteiger partial charge in [-0.25, -0.2) is 4.39 Å². The third-order valence-electron chi connectivity index (χ3n) is 3.47. The normalized spacial score (nSPS) is 19.8. The van der Waals surface area contributed by atoms with Crippen molar-refractivity contribution in [3.05, 3.63) is 35.1 Å². The van der Waals surface area contributed by atoms with Gasteiger partial charge in [0.05, 0.1) is 6.61 Å². The zero-order chi connectivity index (χ0) is 13.0. The van der Waals surface area contributed by atoms with Crippen molar-refractivity contribution < 1.29 is 14.2 Å². The summed E-state index contributed by atoms with van der Waals surface area (Å²) in [5.41, 5.74) is 2.27. The number of nitrogens with one attached hydrogen (secondary N) is 1. The Labute approximate surface area is 107 Å². The van der Waals surface area contributed by atoms with Gasteiger partial charge >= 0.3 is 0 Å². The second-order valence-corrected chi connectivity index (χ2v) is 4.77. The quantitative estimate of drug-likeness (QED) is 0.812. The number of rotatable bonds is 6. The van der Waals surface area contributed by atoms with Gasteiger partial charge in [0.2, 0.25) is 0 Å². The molecule has 2 atom stereocenters. The van der Waals surface area contributed by atoms with Gasteiger partial charge in [0.25, 0.3) is 0 Å². The molecule has 1 aliphatic rings. The number of methoxy groups -OCH3 is 1. The lowest BCUT2D eigenvalue weighted by atomic mass is 10.1. The number of aliphatic hydroxyl groups excluding tert-OH is 1. The lowest BCUT2D eigenvalue weighted by molar-refractivity contribution is 0.142. The maximum Gasteiger partial charge on any atom is 0.123 e. The van der Waals surface area contributed by atoms with Gasteiger partial charge in [0.1, 0.15) is 5.82 Å².